The third-order valence-electron chi connectivity index (χ3n) is 2.69. The zero-order valence-electron chi connectivity index (χ0n) is 11.4. The van der Waals surface area contributed by atoms with Gasteiger partial charge in [0.25, 0.3) is 0 Å². The summed E-state index contributed by atoms with van der Waals surface area (Å²) in [7, 11) is 1.64. The van der Waals surface area contributed by atoms with Crippen molar-refractivity contribution in [3.05, 3.63) is 54.1 Å². The molecule has 0 amide bonds. The Morgan fingerprint density at radius 3 is 2.45 bits per heavy atom. The number of nitrogens with one attached hydrogen (secondary N) is 3. The first-order valence-corrected chi connectivity index (χ1v) is 6.62. The van der Waals surface area contributed by atoms with Crippen molar-refractivity contribution in [3.8, 4) is 5.75 Å². The van der Waals surface area contributed by atoms with Crippen LogP contribution >= 0.6 is 12.2 Å². The van der Waals surface area contributed by atoms with Crippen LogP contribution in [-0.4, -0.2) is 12.2 Å². The van der Waals surface area contributed by atoms with Gasteiger partial charge < -0.3 is 10.1 Å². The summed E-state index contributed by atoms with van der Waals surface area (Å²) in [5.74, 6) is 0.812. The first-order chi connectivity index (χ1) is 9.67. The van der Waals surface area contributed by atoms with Crippen molar-refractivity contribution in [1.82, 2.24) is 5.43 Å². The average molecular weight is 287 g/mol. The minimum absolute atomic E-state index is 0.497. The molecular weight excluding hydrogens is 270 g/mol. The molecule has 0 aliphatic heterocycles. The molecule has 0 atom stereocenters. The fraction of sp³-hybridized carbons (Fsp3) is 0.133. The van der Waals surface area contributed by atoms with Crippen molar-refractivity contribution in [1.29, 1.82) is 0 Å². The molecule has 0 heterocycles. The molecule has 0 bridgehead atoms. The van der Waals surface area contributed by atoms with Gasteiger partial charge in [0, 0.05) is 5.69 Å². The number of aryl methyl sites for hydroxylation is 1. The van der Waals surface area contributed by atoms with Gasteiger partial charge >= 0.3 is 0 Å². The Hall–Kier alpha value is -2.27. The van der Waals surface area contributed by atoms with E-state index in [0.717, 1.165) is 17.1 Å². The quantitative estimate of drug-likeness (QED) is 0.595. The molecule has 0 aliphatic rings. The second kappa shape index (κ2) is 6.77. The van der Waals surface area contributed by atoms with Crippen LogP contribution in [0.5, 0.6) is 5.75 Å². The molecule has 104 valence electrons. The van der Waals surface area contributed by atoms with Crippen LogP contribution in [0.2, 0.25) is 0 Å². The molecule has 2 aromatic carbocycles. The summed E-state index contributed by atoms with van der Waals surface area (Å²) in [6, 6.07) is 15.6. The van der Waals surface area contributed by atoms with Gasteiger partial charge in [-0.25, -0.2) is 0 Å². The Bertz CT molecular complexity index is 584. The zero-order chi connectivity index (χ0) is 14.4. The second-order valence-corrected chi connectivity index (χ2v) is 4.71. The van der Waals surface area contributed by atoms with E-state index < -0.39 is 0 Å². The van der Waals surface area contributed by atoms with E-state index >= 15 is 0 Å². The summed E-state index contributed by atoms with van der Waals surface area (Å²) in [4.78, 5) is 0. The third-order valence-corrected chi connectivity index (χ3v) is 2.89. The number of thiocarbonyl (C=S) groups is 1. The highest BCUT2D eigenvalue weighted by Crippen LogP contribution is 2.14. The van der Waals surface area contributed by atoms with Crippen LogP contribution in [0.15, 0.2) is 48.5 Å². The molecule has 3 N–H and O–H groups in total. The molecule has 0 radical (unpaired) electrons. The van der Waals surface area contributed by atoms with Crippen LogP contribution in [0, 0.1) is 6.92 Å². The monoisotopic (exact) mass is 287 g/mol. The maximum Gasteiger partial charge on any atom is 0.189 e. The third kappa shape index (κ3) is 4.13. The summed E-state index contributed by atoms with van der Waals surface area (Å²) in [6.45, 7) is 2.04. The number of methoxy groups -OCH3 is 1. The van der Waals surface area contributed by atoms with Crippen molar-refractivity contribution in [3.63, 3.8) is 0 Å². The maximum absolute atomic E-state index is 5.21. The standard InChI is InChI=1S/C15H17N3OS/c1-11-4-3-5-13(10-11)17-18-15(20)16-12-6-8-14(19-2)9-7-12/h3-10,17H,1-2H3,(H2,16,18,20). The minimum atomic E-state index is 0.497. The van der Waals surface area contributed by atoms with Crippen LogP contribution < -0.4 is 20.9 Å². The maximum atomic E-state index is 5.21. The molecule has 0 aromatic heterocycles. The molecule has 0 spiro atoms. The van der Waals surface area contributed by atoms with E-state index in [1.807, 2.05) is 55.5 Å². The normalized spacial score (nSPS) is 9.70. The van der Waals surface area contributed by atoms with Gasteiger partial charge in [0.15, 0.2) is 5.11 Å². The lowest BCUT2D eigenvalue weighted by molar-refractivity contribution is 0.415. The van der Waals surface area contributed by atoms with E-state index in [9.17, 15) is 0 Å². The second-order valence-electron chi connectivity index (χ2n) is 4.30. The molecule has 0 saturated carbocycles. The Kier molecular flexibility index (Phi) is 4.79. The molecule has 0 unspecified atom stereocenters. The van der Waals surface area contributed by atoms with Gasteiger partial charge in [-0.3, -0.25) is 10.9 Å². The van der Waals surface area contributed by atoms with Crippen LogP contribution in [0.25, 0.3) is 0 Å². The fourth-order valence-corrected chi connectivity index (χ4v) is 1.86. The zero-order valence-corrected chi connectivity index (χ0v) is 12.3. The van der Waals surface area contributed by atoms with Gasteiger partial charge in [0.1, 0.15) is 5.75 Å². The van der Waals surface area contributed by atoms with E-state index in [4.69, 9.17) is 17.0 Å². The highest BCUT2D eigenvalue weighted by Gasteiger charge is 1.98. The summed E-state index contributed by atoms with van der Waals surface area (Å²) < 4.78 is 5.10. The first kappa shape index (κ1) is 14.1. The van der Waals surface area contributed by atoms with Gasteiger partial charge in [-0.05, 0) is 61.1 Å². The van der Waals surface area contributed by atoms with E-state index in [-0.39, 0.29) is 0 Å². The summed E-state index contributed by atoms with van der Waals surface area (Å²) in [5.41, 5.74) is 9.04. The van der Waals surface area contributed by atoms with E-state index in [2.05, 4.69) is 16.2 Å². The minimum Gasteiger partial charge on any atom is -0.497 e. The van der Waals surface area contributed by atoms with E-state index in [0.29, 0.717) is 5.11 Å². The van der Waals surface area contributed by atoms with Gasteiger partial charge in [0.05, 0.1) is 12.8 Å². The number of anilines is 2. The van der Waals surface area contributed by atoms with Gasteiger partial charge in [0.2, 0.25) is 0 Å². The SMILES string of the molecule is COc1ccc(NC(=S)NNc2cccc(C)c2)cc1. The average Bonchev–Trinajstić information content (AvgIpc) is 2.46. The molecule has 4 nitrogen and oxygen atoms in total. The topological polar surface area (TPSA) is 45.3 Å². The van der Waals surface area contributed by atoms with Gasteiger partial charge in [-0.1, -0.05) is 12.1 Å². The lowest BCUT2D eigenvalue weighted by Gasteiger charge is -2.13. The summed E-state index contributed by atoms with van der Waals surface area (Å²) in [5, 5.41) is 3.58. The molecule has 2 aromatic rings. The number of hydrogen-bond donors (Lipinski definition) is 3. The molecular formula is C15H17N3OS. The predicted octanol–water partition coefficient (Wildman–Crippen LogP) is 3.32. The number of hydrazine groups is 1. The highest BCUT2D eigenvalue weighted by atomic mass is 32.1. The van der Waals surface area contributed by atoms with Crippen molar-refractivity contribution in [2.75, 3.05) is 17.9 Å². The molecule has 0 fully saturated rings. The predicted molar refractivity (Wildman–Crippen MR) is 87.2 cm³/mol. The Morgan fingerprint density at radius 2 is 1.80 bits per heavy atom. The smallest absolute Gasteiger partial charge is 0.189 e. The fourth-order valence-electron chi connectivity index (χ4n) is 1.69. The van der Waals surface area contributed by atoms with Crippen molar-refractivity contribution >= 4 is 28.7 Å². The van der Waals surface area contributed by atoms with Crippen molar-refractivity contribution in [2.45, 2.75) is 6.92 Å². The Labute approximate surface area is 124 Å². The Morgan fingerprint density at radius 1 is 1.05 bits per heavy atom. The number of rotatable bonds is 4. The molecule has 2 rings (SSSR count). The Balaban J connectivity index is 1.85. The highest BCUT2D eigenvalue weighted by molar-refractivity contribution is 7.80. The van der Waals surface area contributed by atoms with Crippen LogP contribution in [-0.2, 0) is 0 Å². The van der Waals surface area contributed by atoms with Crippen LogP contribution in [0.1, 0.15) is 5.56 Å². The van der Waals surface area contributed by atoms with Crippen molar-refractivity contribution in [2.24, 2.45) is 0 Å². The molecule has 20 heavy (non-hydrogen) atoms. The lowest BCUT2D eigenvalue weighted by atomic mass is 10.2. The van der Waals surface area contributed by atoms with Crippen LogP contribution in [0.3, 0.4) is 0 Å². The van der Waals surface area contributed by atoms with Gasteiger partial charge in [-0.2, -0.15) is 0 Å². The van der Waals surface area contributed by atoms with Crippen LogP contribution in [0.4, 0.5) is 11.4 Å². The number of hydrogen-bond acceptors (Lipinski definition) is 3. The largest absolute Gasteiger partial charge is 0.497 e. The summed E-state index contributed by atoms with van der Waals surface area (Å²) in [6.07, 6.45) is 0. The number of ether oxygens (including phenoxy) is 1. The lowest BCUT2D eigenvalue weighted by Crippen LogP contribution is -2.33. The van der Waals surface area contributed by atoms with Crippen molar-refractivity contribution < 1.29 is 4.74 Å². The molecule has 0 aliphatic carbocycles. The number of benzene rings is 2. The first-order valence-electron chi connectivity index (χ1n) is 6.21. The van der Waals surface area contributed by atoms with Gasteiger partial charge in [-0.15, -0.1) is 0 Å². The molecule has 0 saturated heterocycles. The molecule has 5 heteroatoms. The van der Waals surface area contributed by atoms with E-state index in [1.54, 1.807) is 7.11 Å². The summed E-state index contributed by atoms with van der Waals surface area (Å²) >= 11 is 5.21. The van der Waals surface area contributed by atoms with E-state index in [1.165, 1.54) is 5.56 Å².